The van der Waals surface area contributed by atoms with Crippen LogP contribution in [0.4, 0.5) is 5.82 Å². The van der Waals surface area contributed by atoms with Crippen LogP contribution in [0.25, 0.3) is 0 Å². The molecule has 0 saturated heterocycles. The molecular formula is C12H19N3. The normalized spacial score (nSPS) is 17.5. The van der Waals surface area contributed by atoms with Gasteiger partial charge in [-0.3, -0.25) is 0 Å². The fourth-order valence-corrected chi connectivity index (χ4v) is 1.63. The van der Waals surface area contributed by atoms with E-state index in [1.807, 2.05) is 0 Å². The van der Waals surface area contributed by atoms with Gasteiger partial charge in [0.15, 0.2) is 0 Å². The number of aromatic nitrogens is 1. The maximum Gasteiger partial charge on any atom is 0.128 e. The van der Waals surface area contributed by atoms with E-state index in [-0.39, 0.29) is 0 Å². The van der Waals surface area contributed by atoms with Crippen molar-refractivity contribution in [3.63, 3.8) is 0 Å². The van der Waals surface area contributed by atoms with E-state index in [2.05, 4.69) is 42.1 Å². The van der Waals surface area contributed by atoms with Crippen molar-refractivity contribution in [1.82, 2.24) is 4.98 Å². The Balaban J connectivity index is 2.16. The van der Waals surface area contributed by atoms with Crippen LogP contribution in [0.15, 0.2) is 18.2 Å². The molecule has 3 nitrogen and oxygen atoms in total. The lowest BCUT2D eigenvalue weighted by atomic mass is 10.2. The fourth-order valence-electron chi connectivity index (χ4n) is 1.63. The summed E-state index contributed by atoms with van der Waals surface area (Å²) in [5, 5.41) is 0. The van der Waals surface area contributed by atoms with Gasteiger partial charge >= 0.3 is 0 Å². The summed E-state index contributed by atoms with van der Waals surface area (Å²) >= 11 is 0. The van der Waals surface area contributed by atoms with Gasteiger partial charge in [-0.2, -0.15) is 0 Å². The minimum atomic E-state index is 0.340. The highest BCUT2D eigenvalue weighted by Crippen LogP contribution is 2.39. The average Bonchev–Trinajstić information content (AvgIpc) is 3.11. The van der Waals surface area contributed by atoms with Crippen LogP contribution in [0.5, 0.6) is 0 Å². The molecule has 1 saturated carbocycles. The molecular weight excluding hydrogens is 186 g/mol. The third kappa shape index (κ3) is 2.29. The zero-order valence-electron chi connectivity index (χ0n) is 9.48. The summed E-state index contributed by atoms with van der Waals surface area (Å²) < 4.78 is 0. The van der Waals surface area contributed by atoms with Gasteiger partial charge in [0.1, 0.15) is 5.82 Å². The zero-order chi connectivity index (χ0) is 10.8. The molecule has 0 spiro atoms. The molecule has 0 aromatic carbocycles. The Labute approximate surface area is 91.3 Å². The van der Waals surface area contributed by atoms with Crippen LogP contribution in [-0.4, -0.2) is 24.6 Å². The Morgan fingerprint density at radius 3 is 2.87 bits per heavy atom. The molecule has 3 heteroatoms. The Hall–Kier alpha value is -1.09. The number of nitrogens with zero attached hydrogens (tertiary/aromatic N) is 2. The number of hydrogen-bond acceptors (Lipinski definition) is 3. The van der Waals surface area contributed by atoms with Gasteiger partial charge in [-0.1, -0.05) is 6.07 Å². The second-order valence-electron chi connectivity index (χ2n) is 4.39. The monoisotopic (exact) mass is 205 g/mol. The van der Waals surface area contributed by atoms with Gasteiger partial charge in [0.2, 0.25) is 0 Å². The third-order valence-electron chi connectivity index (χ3n) is 3.12. The molecule has 2 rings (SSSR count). The lowest BCUT2D eigenvalue weighted by Gasteiger charge is -2.25. The van der Waals surface area contributed by atoms with Crippen LogP contribution in [-0.2, 0) is 0 Å². The molecule has 2 N–H and O–H groups in total. The zero-order valence-corrected chi connectivity index (χ0v) is 9.48. The number of pyridine rings is 1. The van der Waals surface area contributed by atoms with Crippen molar-refractivity contribution in [2.24, 2.45) is 5.73 Å². The van der Waals surface area contributed by atoms with Gasteiger partial charge in [-0.05, 0) is 31.9 Å². The van der Waals surface area contributed by atoms with Crippen LogP contribution >= 0.6 is 0 Å². The molecule has 82 valence electrons. The summed E-state index contributed by atoms with van der Waals surface area (Å²) in [4.78, 5) is 6.82. The van der Waals surface area contributed by atoms with Crippen LogP contribution in [0, 0.1) is 0 Å². The van der Waals surface area contributed by atoms with E-state index >= 15 is 0 Å². The Kier molecular flexibility index (Phi) is 2.91. The van der Waals surface area contributed by atoms with Gasteiger partial charge in [-0.25, -0.2) is 4.98 Å². The summed E-state index contributed by atoms with van der Waals surface area (Å²) in [5.41, 5.74) is 6.89. The van der Waals surface area contributed by atoms with Crippen LogP contribution in [0.2, 0.25) is 0 Å². The molecule has 1 aliphatic carbocycles. The first-order valence-corrected chi connectivity index (χ1v) is 5.62. The maximum absolute atomic E-state index is 5.65. The first-order valence-electron chi connectivity index (χ1n) is 5.62. The molecule has 1 unspecified atom stereocenters. The topological polar surface area (TPSA) is 42.1 Å². The summed E-state index contributed by atoms with van der Waals surface area (Å²) in [6.45, 7) is 2.78. The number of hydrogen-bond donors (Lipinski definition) is 1. The quantitative estimate of drug-likeness (QED) is 0.814. The van der Waals surface area contributed by atoms with Crippen molar-refractivity contribution in [3.8, 4) is 0 Å². The largest absolute Gasteiger partial charge is 0.356 e. The Morgan fingerprint density at radius 1 is 1.53 bits per heavy atom. The number of rotatable bonds is 4. The van der Waals surface area contributed by atoms with Gasteiger partial charge in [0.25, 0.3) is 0 Å². The molecule has 15 heavy (non-hydrogen) atoms. The fraction of sp³-hybridized carbons (Fsp3) is 0.583. The highest BCUT2D eigenvalue weighted by Gasteiger charge is 2.25. The number of likely N-dealkylation sites (N-methyl/N-ethyl adjacent to an activating group) is 1. The molecule has 0 amide bonds. The highest BCUT2D eigenvalue weighted by atomic mass is 15.2. The molecule has 1 heterocycles. The second kappa shape index (κ2) is 4.19. The van der Waals surface area contributed by atoms with Gasteiger partial charge in [-0.15, -0.1) is 0 Å². The van der Waals surface area contributed by atoms with Crippen LogP contribution in [0.1, 0.15) is 31.4 Å². The van der Waals surface area contributed by atoms with E-state index in [0.29, 0.717) is 18.5 Å². The van der Waals surface area contributed by atoms with E-state index in [1.165, 1.54) is 18.5 Å². The molecule has 1 aromatic heterocycles. The Bertz CT molecular complexity index is 333. The minimum Gasteiger partial charge on any atom is -0.356 e. The summed E-state index contributed by atoms with van der Waals surface area (Å²) in [5.74, 6) is 1.75. The van der Waals surface area contributed by atoms with E-state index < -0.39 is 0 Å². The van der Waals surface area contributed by atoms with Crippen LogP contribution in [0.3, 0.4) is 0 Å². The third-order valence-corrected chi connectivity index (χ3v) is 3.12. The lowest BCUT2D eigenvalue weighted by Crippen LogP contribution is -2.35. The van der Waals surface area contributed by atoms with E-state index in [0.717, 1.165) is 5.82 Å². The van der Waals surface area contributed by atoms with Gasteiger partial charge in [0.05, 0.1) is 0 Å². The molecule has 0 radical (unpaired) electrons. The molecule has 1 atom stereocenters. The molecule has 1 aliphatic rings. The molecule has 1 aromatic rings. The molecule has 0 bridgehead atoms. The van der Waals surface area contributed by atoms with E-state index in [9.17, 15) is 0 Å². The molecule has 1 fully saturated rings. The van der Waals surface area contributed by atoms with Crippen molar-refractivity contribution in [2.75, 3.05) is 18.5 Å². The van der Waals surface area contributed by atoms with E-state index in [1.54, 1.807) is 0 Å². The van der Waals surface area contributed by atoms with Crippen molar-refractivity contribution >= 4 is 5.82 Å². The van der Waals surface area contributed by atoms with Gasteiger partial charge in [0, 0.05) is 31.2 Å². The van der Waals surface area contributed by atoms with Gasteiger partial charge < -0.3 is 10.6 Å². The first kappa shape index (κ1) is 10.4. The predicted octanol–water partition coefficient (Wildman–Crippen LogP) is 1.74. The standard InChI is InChI=1S/C12H19N3/c1-9(8-13)15(2)12-5-3-4-11(14-12)10-6-7-10/h3-5,9-10H,6-8,13H2,1-2H3. The summed E-state index contributed by atoms with van der Waals surface area (Å²) in [6.07, 6.45) is 2.60. The van der Waals surface area contributed by atoms with Crippen molar-refractivity contribution in [1.29, 1.82) is 0 Å². The predicted molar refractivity (Wildman–Crippen MR) is 63.1 cm³/mol. The van der Waals surface area contributed by atoms with Crippen molar-refractivity contribution in [3.05, 3.63) is 23.9 Å². The minimum absolute atomic E-state index is 0.340. The van der Waals surface area contributed by atoms with E-state index in [4.69, 9.17) is 5.73 Å². The SMILES string of the molecule is CC(CN)N(C)c1cccc(C2CC2)n1. The number of nitrogens with two attached hydrogens (primary N) is 1. The smallest absolute Gasteiger partial charge is 0.128 e. The molecule has 0 aliphatic heterocycles. The maximum atomic E-state index is 5.65. The van der Waals surface area contributed by atoms with Crippen molar-refractivity contribution < 1.29 is 0 Å². The summed E-state index contributed by atoms with van der Waals surface area (Å²) in [6, 6.07) is 6.61. The highest BCUT2D eigenvalue weighted by molar-refractivity contribution is 5.40. The summed E-state index contributed by atoms with van der Waals surface area (Å²) in [7, 11) is 2.05. The van der Waals surface area contributed by atoms with Crippen molar-refractivity contribution in [2.45, 2.75) is 31.7 Å². The van der Waals surface area contributed by atoms with Crippen LogP contribution < -0.4 is 10.6 Å². The lowest BCUT2D eigenvalue weighted by molar-refractivity contribution is 0.685. The average molecular weight is 205 g/mol. The Morgan fingerprint density at radius 2 is 2.27 bits per heavy atom. The second-order valence-corrected chi connectivity index (χ2v) is 4.39. The first-order chi connectivity index (χ1) is 7.22. The number of anilines is 1.